The Hall–Kier alpha value is -1.00. The molecule has 0 heterocycles. The fourth-order valence-electron chi connectivity index (χ4n) is 2.70. The van der Waals surface area contributed by atoms with Crippen LogP contribution in [0.1, 0.15) is 32.1 Å². The lowest BCUT2D eigenvalue weighted by atomic mass is 9.74. The van der Waals surface area contributed by atoms with Gasteiger partial charge < -0.3 is 10.4 Å². The Morgan fingerprint density at radius 1 is 1.20 bits per heavy atom. The molecule has 0 bridgehead atoms. The van der Waals surface area contributed by atoms with Gasteiger partial charge in [0.25, 0.3) is 0 Å². The third-order valence-electron chi connectivity index (χ3n) is 4.02. The molecule has 4 heteroatoms. The molecule has 0 saturated heterocycles. The Morgan fingerprint density at radius 2 is 1.90 bits per heavy atom. The van der Waals surface area contributed by atoms with E-state index >= 15 is 0 Å². The molecule has 1 aromatic carbocycles. The predicted octanol–water partition coefficient (Wildman–Crippen LogP) is 2.84. The van der Waals surface area contributed by atoms with Gasteiger partial charge in [-0.3, -0.25) is 4.79 Å². The Balaban J connectivity index is 1.74. The largest absolute Gasteiger partial charge is 0.396 e. The molecule has 0 unspecified atom stereocenters. The van der Waals surface area contributed by atoms with E-state index < -0.39 is 0 Å². The first-order chi connectivity index (χ1) is 9.74. The molecule has 1 fully saturated rings. The molecule has 1 aromatic rings. The molecule has 0 spiro atoms. The van der Waals surface area contributed by atoms with Crippen molar-refractivity contribution in [2.75, 3.05) is 18.9 Å². The van der Waals surface area contributed by atoms with E-state index in [4.69, 9.17) is 0 Å². The van der Waals surface area contributed by atoms with E-state index in [1.807, 2.05) is 30.3 Å². The zero-order chi connectivity index (χ0) is 14.3. The summed E-state index contributed by atoms with van der Waals surface area (Å²) in [4.78, 5) is 13.0. The van der Waals surface area contributed by atoms with Crippen molar-refractivity contribution in [1.29, 1.82) is 0 Å². The van der Waals surface area contributed by atoms with Crippen LogP contribution in [0.3, 0.4) is 0 Å². The maximum absolute atomic E-state index is 11.9. The third-order valence-corrected chi connectivity index (χ3v) is 5.04. The van der Waals surface area contributed by atoms with Crippen molar-refractivity contribution in [1.82, 2.24) is 5.32 Å². The summed E-state index contributed by atoms with van der Waals surface area (Å²) in [5, 5.41) is 12.6. The number of aliphatic hydroxyl groups is 1. The number of benzene rings is 1. The second-order valence-electron chi connectivity index (χ2n) is 5.60. The minimum Gasteiger partial charge on any atom is -0.396 e. The Labute approximate surface area is 125 Å². The summed E-state index contributed by atoms with van der Waals surface area (Å²) >= 11 is 1.55. The fraction of sp³-hybridized carbons (Fsp3) is 0.562. The van der Waals surface area contributed by atoms with Gasteiger partial charge in [-0.15, -0.1) is 11.8 Å². The number of aliphatic hydroxyl groups excluding tert-OH is 1. The zero-order valence-electron chi connectivity index (χ0n) is 11.8. The van der Waals surface area contributed by atoms with Crippen LogP contribution in [0, 0.1) is 5.41 Å². The van der Waals surface area contributed by atoms with Gasteiger partial charge in [-0.05, 0) is 25.0 Å². The number of hydrogen-bond acceptors (Lipinski definition) is 3. The van der Waals surface area contributed by atoms with E-state index in [-0.39, 0.29) is 17.9 Å². The van der Waals surface area contributed by atoms with Crippen LogP contribution >= 0.6 is 11.8 Å². The Kier molecular flexibility index (Phi) is 5.92. The lowest BCUT2D eigenvalue weighted by Crippen LogP contribution is -2.42. The smallest absolute Gasteiger partial charge is 0.230 e. The number of carbonyl (C=O) groups is 1. The van der Waals surface area contributed by atoms with Crippen LogP contribution in [0.2, 0.25) is 0 Å². The van der Waals surface area contributed by atoms with Gasteiger partial charge in [0.1, 0.15) is 0 Å². The monoisotopic (exact) mass is 293 g/mol. The van der Waals surface area contributed by atoms with Crippen LogP contribution in [-0.2, 0) is 4.79 Å². The van der Waals surface area contributed by atoms with Gasteiger partial charge in [-0.25, -0.2) is 0 Å². The predicted molar refractivity (Wildman–Crippen MR) is 82.8 cm³/mol. The van der Waals surface area contributed by atoms with Crippen LogP contribution in [0.25, 0.3) is 0 Å². The van der Waals surface area contributed by atoms with E-state index in [0.29, 0.717) is 12.3 Å². The number of amides is 1. The number of hydrogen-bond donors (Lipinski definition) is 2. The number of nitrogens with one attached hydrogen (secondary N) is 1. The quantitative estimate of drug-likeness (QED) is 0.793. The lowest BCUT2D eigenvalue weighted by Gasteiger charge is -2.35. The molecule has 20 heavy (non-hydrogen) atoms. The van der Waals surface area contributed by atoms with Crippen molar-refractivity contribution in [3.8, 4) is 0 Å². The van der Waals surface area contributed by atoms with Gasteiger partial charge in [0, 0.05) is 16.9 Å². The average Bonchev–Trinajstić information content (AvgIpc) is 2.53. The van der Waals surface area contributed by atoms with Crippen molar-refractivity contribution >= 4 is 17.7 Å². The van der Waals surface area contributed by atoms with Gasteiger partial charge in [-0.1, -0.05) is 37.5 Å². The Morgan fingerprint density at radius 3 is 2.55 bits per heavy atom. The van der Waals surface area contributed by atoms with E-state index in [1.54, 1.807) is 11.8 Å². The van der Waals surface area contributed by atoms with E-state index in [1.165, 1.54) is 6.42 Å². The van der Waals surface area contributed by atoms with E-state index in [0.717, 1.165) is 30.6 Å². The van der Waals surface area contributed by atoms with Crippen LogP contribution in [-0.4, -0.2) is 29.9 Å². The van der Waals surface area contributed by atoms with Gasteiger partial charge in [0.15, 0.2) is 0 Å². The van der Waals surface area contributed by atoms with Gasteiger partial charge in [-0.2, -0.15) is 0 Å². The fourth-order valence-corrected chi connectivity index (χ4v) is 3.44. The minimum absolute atomic E-state index is 0.0530. The van der Waals surface area contributed by atoms with E-state index in [2.05, 4.69) is 5.32 Å². The van der Waals surface area contributed by atoms with E-state index in [9.17, 15) is 9.90 Å². The summed E-state index contributed by atoms with van der Waals surface area (Å²) in [6.07, 6.45) is 5.62. The molecule has 0 atom stereocenters. The summed E-state index contributed by atoms with van der Waals surface area (Å²) in [7, 11) is 0. The molecule has 1 amide bonds. The molecule has 0 aliphatic heterocycles. The van der Waals surface area contributed by atoms with Crippen molar-refractivity contribution < 1.29 is 9.90 Å². The normalized spacial score (nSPS) is 17.6. The molecule has 1 saturated carbocycles. The number of carbonyl (C=O) groups excluding carboxylic acids is 1. The zero-order valence-corrected chi connectivity index (χ0v) is 12.6. The van der Waals surface area contributed by atoms with Crippen molar-refractivity contribution in [3.05, 3.63) is 30.3 Å². The highest BCUT2D eigenvalue weighted by Crippen LogP contribution is 2.35. The van der Waals surface area contributed by atoms with Crippen LogP contribution < -0.4 is 5.32 Å². The molecule has 3 nitrogen and oxygen atoms in total. The van der Waals surface area contributed by atoms with Gasteiger partial charge >= 0.3 is 0 Å². The maximum atomic E-state index is 11.9. The number of rotatable bonds is 6. The average molecular weight is 293 g/mol. The highest BCUT2D eigenvalue weighted by molar-refractivity contribution is 8.00. The van der Waals surface area contributed by atoms with Crippen LogP contribution in [0.4, 0.5) is 0 Å². The number of thioether (sulfide) groups is 1. The van der Waals surface area contributed by atoms with Crippen molar-refractivity contribution in [2.24, 2.45) is 5.41 Å². The summed E-state index contributed by atoms with van der Waals surface area (Å²) in [6, 6.07) is 9.94. The van der Waals surface area contributed by atoms with Crippen molar-refractivity contribution in [3.63, 3.8) is 0 Å². The second-order valence-corrected chi connectivity index (χ2v) is 6.65. The molecule has 0 aromatic heterocycles. The molecule has 0 radical (unpaired) electrons. The standard InChI is InChI=1S/C16H23NO2S/c18-13-16(9-5-2-6-10-16)12-17-15(19)11-20-14-7-3-1-4-8-14/h1,3-4,7-8,18H,2,5-6,9-13H2,(H,17,19). The first kappa shape index (κ1) is 15.4. The van der Waals surface area contributed by atoms with Crippen molar-refractivity contribution in [2.45, 2.75) is 37.0 Å². The molecule has 2 rings (SSSR count). The van der Waals surface area contributed by atoms with Crippen LogP contribution in [0.15, 0.2) is 35.2 Å². The molecule has 1 aliphatic rings. The molecular weight excluding hydrogens is 270 g/mol. The first-order valence-corrected chi connectivity index (χ1v) is 8.28. The Bertz CT molecular complexity index is 416. The summed E-state index contributed by atoms with van der Waals surface area (Å²) in [5.74, 6) is 0.489. The minimum atomic E-state index is -0.0781. The summed E-state index contributed by atoms with van der Waals surface area (Å²) < 4.78 is 0. The SMILES string of the molecule is O=C(CSc1ccccc1)NCC1(CO)CCCCC1. The maximum Gasteiger partial charge on any atom is 0.230 e. The topological polar surface area (TPSA) is 49.3 Å². The molecular formula is C16H23NO2S. The highest BCUT2D eigenvalue weighted by atomic mass is 32.2. The lowest BCUT2D eigenvalue weighted by molar-refractivity contribution is -0.119. The summed E-state index contributed by atoms with van der Waals surface area (Å²) in [5.41, 5.74) is -0.0781. The highest BCUT2D eigenvalue weighted by Gasteiger charge is 2.31. The molecule has 1 aliphatic carbocycles. The first-order valence-electron chi connectivity index (χ1n) is 7.30. The third kappa shape index (κ3) is 4.53. The second kappa shape index (κ2) is 7.70. The molecule has 2 N–H and O–H groups in total. The summed E-state index contributed by atoms with van der Waals surface area (Å²) in [6.45, 7) is 0.788. The van der Waals surface area contributed by atoms with Crippen LogP contribution in [0.5, 0.6) is 0 Å². The van der Waals surface area contributed by atoms with Gasteiger partial charge in [0.2, 0.25) is 5.91 Å². The molecule has 110 valence electrons. The van der Waals surface area contributed by atoms with Gasteiger partial charge in [0.05, 0.1) is 12.4 Å².